The van der Waals surface area contributed by atoms with Crippen LogP contribution in [0.3, 0.4) is 0 Å². The second-order valence-electron chi connectivity index (χ2n) is 6.94. The molecule has 1 amide bonds. The Morgan fingerprint density at radius 3 is 2.53 bits per heavy atom. The number of ether oxygens (including phenoxy) is 1. The normalized spacial score (nSPS) is 23.6. The summed E-state index contributed by atoms with van der Waals surface area (Å²) in [5.41, 5.74) is -0.244. The molecule has 1 aliphatic heterocycles. The second-order valence-corrected chi connectivity index (χ2v) is 6.94. The lowest BCUT2D eigenvalue weighted by molar-refractivity contribution is -0.141. The first-order chi connectivity index (χ1) is 8.94. The van der Waals surface area contributed by atoms with E-state index in [0.717, 1.165) is 25.6 Å². The first-order valence-corrected chi connectivity index (χ1v) is 7.59. The number of hydrogen-bond donors (Lipinski definition) is 1. The number of nitrogens with zero attached hydrogens (tertiary/aromatic N) is 1. The predicted molar refractivity (Wildman–Crippen MR) is 76.0 cm³/mol. The van der Waals surface area contributed by atoms with Gasteiger partial charge >= 0.3 is 0 Å². The molecule has 0 aromatic rings. The molecule has 1 atom stereocenters. The molecule has 2 rings (SSSR count). The Balaban J connectivity index is 1.82. The fourth-order valence-corrected chi connectivity index (χ4v) is 2.44. The fraction of sp³-hybridized carbons (Fsp3) is 0.933. The van der Waals surface area contributed by atoms with E-state index in [1.807, 2.05) is 25.7 Å². The molecule has 1 aliphatic carbocycles. The van der Waals surface area contributed by atoms with E-state index in [9.17, 15) is 4.79 Å². The van der Waals surface area contributed by atoms with Crippen LogP contribution < -0.4 is 5.32 Å². The maximum atomic E-state index is 12.3. The van der Waals surface area contributed by atoms with Crippen LogP contribution in [0.25, 0.3) is 0 Å². The number of amides is 1. The van der Waals surface area contributed by atoms with Crippen LogP contribution in [0, 0.1) is 5.92 Å². The average Bonchev–Trinajstić information content (AvgIpc) is 2.99. The summed E-state index contributed by atoms with van der Waals surface area (Å²) in [4.78, 5) is 14.3. The Labute approximate surface area is 116 Å². The minimum absolute atomic E-state index is 0.149. The number of carbonyl (C=O) groups excluding carboxylic acids is 1. The van der Waals surface area contributed by atoms with Crippen molar-refractivity contribution in [3.8, 4) is 0 Å². The summed E-state index contributed by atoms with van der Waals surface area (Å²) in [6.45, 7) is 9.04. The highest BCUT2D eigenvalue weighted by Gasteiger charge is 2.29. The van der Waals surface area contributed by atoms with Crippen molar-refractivity contribution >= 4 is 5.91 Å². The molecular formula is C15H28N2O2. The molecule has 0 radical (unpaired) electrons. The van der Waals surface area contributed by atoms with E-state index < -0.39 is 0 Å². The summed E-state index contributed by atoms with van der Waals surface area (Å²) >= 11 is 0. The molecule has 2 fully saturated rings. The Morgan fingerprint density at radius 2 is 2.00 bits per heavy atom. The number of rotatable bonds is 6. The van der Waals surface area contributed by atoms with Gasteiger partial charge in [0.25, 0.3) is 0 Å². The first-order valence-electron chi connectivity index (χ1n) is 7.59. The first kappa shape index (κ1) is 14.8. The largest absolute Gasteiger partial charge is 0.366 e. The van der Waals surface area contributed by atoms with Gasteiger partial charge in [0.1, 0.15) is 6.61 Å². The molecule has 110 valence electrons. The minimum atomic E-state index is -0.244. The van der Waals surface area contributed by atoms with Crippen molar-refractivity contribution in [3.63, 3.8) is 0 Å². The molecular weight excluding hydrogens is 240 g/mol. The van der Waals surface area contributed by atoms with Crippen molar-refractivity contribution in [2.24, 2.45) is 5.92 Å². The van der Waals surface area contributed by atoms with Gasteiger partial charge in [-0.25, -0.2) is 0 Å². The van der Waals surface area contributed by atoms with Crippen LogP contribution >= 0.6 is 0 Å². The lowest BCUT2D eigenvalue weighted by Crippen LogP contribution is -2.44. The van der Waals surface area contributed by atoms with Crippen molar-refractivity contribution in [2.75, 3.05) is 26.2 Å². The summed E-state index contributed by atoms with van der Waals surface area (Å²) < 4.78 is 5.63. The molecule has 0 spiro atoms. The summed E-state index contributed by atoms with van der Waals surface area (Å²) in [7, 11) is 0. The van der Waals surface area contributed by atoms with Gasteiger partial charge in [-0.15, -0.1) is 0 Å². The molecule has 4 heteroatoms. The summed E-state index contributed by atoms with van der Waals surface area (Å²) in [6, 6.07) is 0.484. The van der Waals surface area contributed by atoms with Gasteiger partial charge in [-0.3, -0.25) is 4.79 Å². The molecule has 1 saturated carbocycles. The summed E-state index contributed by atoms with van der Waals surface area (Å²) in [5.74, 6) is 0.885. The zero-order valence-electron chi connectivity index (χ0n) is 12.6. The van der Waals surface area contributed by atoms with E-state index in [2.05, 4.69) is 5.32 Å². The van der Waals surface area contributed by atoms with Crippen LogP contribution in [0.1, 0.15) is 46.5 Å². The van der Waals surface area contributed by atoms with Crippen molar-refractivity contribution in [2.45, 2.75) is 58.1 Å². The van der Waals surface area contributed by atoms with Crippen molar-refractivity contribution < 1.29 is 9.53 Å². The van der Waals surface area contributed by atoms with E-state index in [-0.39, 0.29) is 18.1 Å². The highest BCUT2D eigenvalue weighted by atomic mass is 16.5. The lowest BCUT2D eigenvalue weighted by atomic mass is 10.2. The van der Waals surface area contributed by atoms with E-state index in [1.165, 1.54) is 25.7 Å². The maximum Gasteiger partial charge on any atom is 0.248 e. The molecule has 0 aromatic carbocycles. The number of carbonyl (C=O) groups is 1. The van der Waals surface area contributed by atoms with E-state index in [4.69, 9.17) is 4.74 Å². The quantitative estimate of drug-likeness (QED) is 0.798. The van der Waals surface area contributed by atoms with E-state index in [0.29, 0.717) is 6.04 Å². The highest BCUT2D eigenvalue weighted by molar-refractivity contribution is 5.77. The van der Waals surface area contributed by atoms with Crippen molar-refractivity contribution in [1.82, 2.24) is 10.2 Å². The fourth-order valence-electron chi connectivity index (χ4n) is 2.44. The highest BCUT2D eigenvalue weighted by Crippen LogP contribution is 2.30. The minimum Gasteiger partial charge on any atom is -0.366 e. The van der Waals surface area contributed by atoms with Crippen LogP contribution in [0.5, 0.6) is 0 Å². The summed E-state index contributed by atoms with van der Waals surface area (Å²) in [5, 5.41) is 3.47. The zero-order chi connectivity index (χ0) is 13.9. The molecule has 0 bridgehead atoms. The molecule has 1 heterocycles. The third kappa shape index (κ3) is 5.49. The van der Waals surface area contributed by atoms with Crippen LogP contribution in [0.15, 0.2) is 0 Å². The Morgan fingerprint density at radius 1 is 1.26 bits per heavy atom. The second kappa shape index (κ2) is 6.23. The molecule has 0 aromatic heterocycles. The molecule has 1 N–H and O–H groups in total. The van der Waals surface area contributed by atoms with Crippen LogP contribution in [-0.4, -0.2) is 48.7 Å². The third-order valence-corrected chi connectivity index (χ3v) is 3.76. The predicted octanol–water partition coefficient (Wildman–Crippen LogP) is 1.79. The lowest BCUT2D eigenvalue weighted by Gasteiger charge is -2.28. The smallest absolute Gasteiger partial charge is 0.248 e. The molecule has 2 aliphatic rings. The van der Waals surface area contributed by atoms with Crippen LogP contribution in [0.2, 0.25) is 0 Å². The Bertz CT molecular complexity index is 302. The molecule has 19 heavy (non-hydrogen) atoms. The van der Waals surface area contributed by atoms with Gasteiger partial charge in [0.05, 0.1) is 5.60 Å². The SMILES string of the molecule is CC(C)(C)OCC(=O)N(CC1CC1)CC1CCCN1. The van der Waals surface area contributed by atoms with Gasteiger partial charge < -0.3 is 15.0 Å². The standard InChI is InChI=1S/C15H28N2O2/c1-15(2,3)19-11-14(18)17(9-12-6-7-12)10-13-5-4-8-16-13/h12-13,16H,4-11H2,1-3H3. The van der Waals surface area contributed by atoms with Gasteiger partial charge in [0.2, 0.25) is 5.91 Å². The molecule has 4 nitrogen and oxygen atoms in total. The van der Waals surface area contributed by atoms with Crippen molar-refractivity contribution in [1.29, 1.82) is 0 Å². The van der Waals surface area contributed by atoms with Crippen LogP contribution in [0.4, 0.5) is 0 Å². The van der Waals surface area contributed by atoms with Gasteiger partial charge in [-0.1, -0.05) is 0 Å². The topological polar surface area (TPSA) is 41.6 Å². The number of nitrogens with one attached hydrogen (secondary N) is 1. The Kier molecular flexibility index (Phi) is 4.85. The molecule has 1 unspecified atom stereocenters. The van der Waals surface area contributed by atoms with Gasteiger partial charge in [0, 0.05) is 19.1 Å². The average molecular weight is 268 g/mol. The van der Waals surface area contributed by atoms with Gasteiger partial charge in [-0.2, -0.15) is 0 Å². The van der Waals surface area contributed by atoms with E-state index >= 15 is 0 Å². The van der Waals surface area contributed by atoms with Gasteiger partial charge in [0.15, 0.2) is 0 Å². The number of hydrogen-bond acceptors (Lipinski definition) is 3. The van der Waals surface area contributed by atoms with Crippen molar-refractivity contribution in [3.05, 3.63) is 0 Å². The molecule has 1 saturated heterocycles. The zero-order valence-corrected chi connectivity index (χ0v) is 12.6. The van der Waals surface area contributed by atoms with E-state index in [1.54, 1.807) is 0 Å². The Hall–Kier alpha value is -0.610. The maximum absolute atomic E-state index is 12.3. The monoisotopic (exact) mass is 268 g/mol. The van der Waals surface area contributed by atoms with Gasteiger partial charge in [-0.05, 0) is 58.9 Å². The van der Waals surface area contributed by atoms with Crippen LogP contribution in [-0.2, 0) is 9.53 Å². The summed E-state index contributed by atoms with van der Waals surface area (Å²) in [6.07, 6.45) is 4.98. The third-order valence-electron chi connectivity index (χ3n) is 3.76.